The van der Waals surface area contributed by atoms with E-state index in [1.54, 1.807) is 31.4 Å². The maximum Gasteiger partial charge on any atom is 0.294 e. The topological polar surface area (TPSA) is 57.0 Å². The van der Waals surface area contributed by atoms with Gasteiger partial charge in [-0.1, -0.05) is 30.0 Å². The van der Waals surface area contributed by atoms with Gasteiger partial charge in [-0.2, -0.15) is 0 Å². The van der Waals surface area contributed by atoms with Gasteiger partial charge in [0.2, 0.25) is 0 Å². The van der Waals surface area contributed by atoms with Crippen LogP contribution in [-0.4, -0.2) is 20.8 Å². The third-order valence-corrected chi connectivity index (χ3v) is 3.61. The van der Waals surface area contributed by atoms with E-state index in [0.29, 0.717) is 16.6 Å². The number of para-hydroxylation sites is 1. The first kappa shape index (κ1) is 13.6. The molecule has 21 heavy (non-hydrogen) atoms. The van der Waals surface area contributed by atoms with Crippen LogP contribution in [0.1, 0.15) is 0 Å². The number of pyridine rings is 1. The van der Waals surface area contributed by atoms with Gasteiger partial charge < -0.3 is 4.74 Å². The van der Waals surface area contributed by atoms with Crippen LogP contribution >= 0.6 is 11.8 Å². The Morgan fingerprint density at radius 1 is 1.24 bits per heavy atom. The fraction of sp³-hybridized carbons (Fsp3) is 0.133. The first-order valence-corrected chi connectivity index (χ1v) is 7.55. The molecule has 6 heteroatoms. The Hall–Kier alpha value is -2.34. The molecule has 5 nitrogen and oxygen atoms in total. The fourth-order valence-corrected chi connectivity index (χ4v) is 2.32. The molecule has 1 aromatic carbocycles. The van der Waals surface area contributed by atoms with E-state index in [1.807, 2.05) is 24.5 Å². The fourth-order valence-electron chi connectivity index (χ4n) is 1.99. The second-order valence-electron chi connectivity index (χ2n) is 4.42. The molecule has 3 aromatic rings. The highest BCUT2D eigenvalue weighted by atomic mass is 32.2. The van der Waals surface area contributed by atoms with Crippen LogP contribution in [0, 0.1) is 0 Å². The van der Waals surface area contributed by atoms with Crippen molar-refractivity contribution in [3.05, 3.63) is 52.9 Å². The van der Waals surface area contributed by atoms with E-state index in [1.165, 1.54) is 16.3 Å². The van der Waals surface area contributed by atoms with Crippen molar-refractivity contribution in [3.8, 4) is 11.5 Å². The molecule has 0 aliphatic heterocycles. The molecule has 0 atom stereocenters. The monoisotopic (exact) mass is 299 g/mol. The number of aromatic nitrogens is 3. The molecule has 0 radical (unpaired) electrons. The first-order chi connectivity index (χ1) is 10.2. The van der Waals surface area contributed by atoms with Crippen LogP contribution in [0.5, 0.6) is 11.5 Å². The lowest BCUT2D eigenvalue weighted by molar-refractivity contribution is 0.471. The number of aryl methyl sites for hydroxylation is 1. The average Bonchev–Trinajstić information content (AvgIpc) is 2.53. The SMILES string of the molecule is CSc1ncc2cc(Oc3ccccc3)c(=O)n(C)c2n1. The Kier molecular flexibility index (Phi) is 3.62. The number of fused-ring (bicyclic) bond motifs is 1. The molecule has 3 rings (SSSR count). The van der Waals surface area contributed by atoms with E-state index in [4.69, 9.17) is 4.74 Å². The standard InChI is InChI=1S/C15H13N3O2S/c1-18-13-10(9-16-15(17-13)21-2)8-12(14(18)19)20-11-6-4-3-5-7-11/h3-9H,1-2H3. The van der Waals surface area contributed by atoms with Crippen LogP contribution in [0.2, 0.25) is 0 Å². The highest BCUT2D eigenvalue weighted by molar-refractivity contribution is 7.98. The molecule has 0 amide bonds. The summed E-state index contributed by atoms with van der Waals surface area (Å²) in [5.74, 6) is 0.882. The van der Waals surface area contributed by atoms with E-state index in [2.05, 4.69) is 9.97 Å². The molecule has 0 saturated heterocycles. The van der Waals surface area contributed by atoms with E-state index in [-0.39, 0.29) is 11.3 Å². The summed E-state index contributed by atoms with van der Waals surface area (Å²) < 4.78 is 7.14. The van der Waals surface area contributed by atoms with Crippen molar-refractivity contribution >= 4 is 22.8 Å². The van der Waals surface area contributed by atoms with Gasteiger partial charge >= 0.3 is 0 Å². The summed E-state index contributed by atoms with van der Waals surface area (Å²) in [5, 5.41) is 1.40. The van der Waals surface area contributed by atoms with Gasteiger partial charge in [-0.3, -0.25) is 9.36 Å². The molecule has 0 aliphatic rings. The summed E-state index contributed by atoms with van der Waals surface area (Å²) in [6.07, 6.45) is 3.59. The second-order valence-corrected chi connectivity index (χ2v) is 5.20. The summed E-state index contributed by atoms with van der Waals surface area (Å²) in [4.78, 5) is 20.9. The minimum absolute atomic E-state index is 0.225. The van der Waals surface area contributed by atoms with Crippen molar-refractivity contribution in [1.82, 2.24) is 14.5 Å². The molecule has 2 heterocycles. The van der Waals surface area contributed by atoms with Gasteiger partial charge in [0.15, 0.2) is 10.9 Å². The molecule has 0 saturated carbocycles. The van der Waals surface area contributed by atoms with Gasteiger partial charge in [0.05, 0.1) is 0 Å². The molecule has 0 spiro atoms. The number of thioether (sulfide) groups is 1. The van der Waals surface area contributed by atoms with E-state index >= 15 is 0 Å². The number of nitrogens with zero attached hydrogens (tertiary/aromatic N) is 3. The number of rotatable bonds is 3. The number of hydrogen-bond acceptors (Lipinski definition) is 5. The Morgan fingerprint density at radius 2 is 2.00 bits per heavy atom. The Bertz CT molecular complexity index is 847. The maximum atomic E-state index is 12.4. The lowest BCUT2D eigenvalue weighted by atomic mass is 10.3. The van der Waals surface area contributed by atoms with Crippen LogP contribution in [0.4, 0.5) is 0 Å². The molecular formula is C15H13N3O2S. The van der Waals surface area contributed by atoms with Crippen LogP contribution in [-0.2, 0) is 7.05 Å². The van der Waals surface area contributed by atoms with Gasteiger partial charge in [0.25, 0.3) is 5.56 Å². The highest BCUT2D eigenvalue weighted by Gasteiger charge is 2.11. The minimum atomic E-state index is -0.225. The van der Waals surface area contributed by atoms with Crippen LogP contribution in [0.25, 0.3) is 11.0 Å². The van der Waals surface area contributed by atoms with Gasteiger partial charge in [-0.05, 0) is 24.5 Å². The van der Waals surface area contributed by atoms with E-state index in [0.717, 1.165) is 5.39 Å². The number of benzene rings is 1. The zero-order chi connectivity index (χ0) is 14.8. The maximum absolute atomic E-state index is 12.4. The molecular weight excluding hydrogens is 286 g/mol. The summed E-state index contributed by atoms with van der Waals surface area (Å²) >= 11 is 1.44. The second kappa shape index (κ2) is 5.57. The summed E-state index contributed by atoms with van der Waals surface area (Å²) in [7, 11) is 1.68. The first-order valence-electron chi connectivity index (χ1n) is 6.32. The van der Waals surface area contributed by atoms with Crippen molar-refractivity contribution in [2.45, 2.75) is 5.16 Å². The Morgan fingerprint density at radius 3 is 2.71 bits per heavy atom. The zero-order valence-corrected chi connectivity index (χ0v) is 12.4. The van der Waals surface area contributed by atoms with Gasteiger partial charge in [-0.25, -0.2) is 9.97 Å². The predicted octanol–water partition coefficient (Wildman–Crippen LogP) is 2.84. The molecule has 2 aromatic heterocycles. The van der Waals surface area contributed by atoms with Crippen LogP contribution in [0.3, 0.4) is 0 Å². The molecule has 106 valence electrons. The Labute approximate surface area is 125 Å². The van der Waals surface area contributed by atoms with Gasteiger partial charge in [0.1, 0.15) is 11.4 Å². The third kappa shape index (κ3) is 2.62. The largest absolute Gasteiger partial charge is 0.452 e. The van der Waals surface area contributed by atoms with Crippen LogP contribution in [0.15, 0.2) is 52.5 Å². The van der Waals surface area contributed by atoms with Crippen LogP contribution < -0.4 is 10.3 Å². The normalized spacial score (nSPS) is 10.8. The van der Waals surface area contributed by atoms with Crippen molar-refractivity contribution in [2.75, 3.05) is 6.26 Å². The Balaban J connectivity index is 2.13. The lowest BCUT2D eigenvalue weighted by Crippen LogP contribution is -2.19. The average molecular weight is 299 g/mol. The molecule has 0 bridgehead atoms. The van der Waals surface area contributed by atoms with Crippen molar-refractivity contribution in [3.63, 3.8) is 0 Å². The minimum Gasteiger partial charge on any atom is -0.452 e. The molecule has 0 unspecified atom stereocenters. The number of hydrogen-bond donors (Lipinski definition) is 0. The lowest BCUT2D eigenvalue weighted by Gasteiger charge is -2.09. The smallest absolute Gasteiger partial charge is 0.294 e. The third-order valence-electron chi connectivity index (χ3n) is 3.05. The molecule has 0 fully saturated rings. The van der Waals surface area contributed by atoms with Crippen molar-refractivity contribution < 1.29 is 4.74 Å². The molecule has 0 aliphatic carbocycles. The quantitative estimate of drug-likeness (QED) is 0.550. The summed E-state index contributed by atoms with van der Waals surface area (Å²) in [6, 6.07) is 10.9. The molecule has 0 N–H and O–H groups in total. The van der Waals surface area contributed by atoms with E-state index in [9.17, 15) is 4.79 Å². The van der Waals surface area contributed by atoms with Crippen molar-refractivity contribution in [1.29, 1.82) is 0 Å². The van der Waals surface area contributed by atoms with Crippen molar-refractivity contribution in [2.24, 2.45) is 7.05 Å². The highest BCUT2D eigenvalue weighted by Crippen LogP contribution is 2.21. The van der Waals surface area contributed by atoms with E-state index < -0.39 is 0 Å². The zero-order valence-electron chi connectivity index (χ0n) is 11.6. The predicted molar refractivity (Wildman–Crippen MR) is 83.1 cm³/mol. The van der Waals surface area contributed by atoms with Gasteiger partial charge in [-0.15, -0.1) is 0 Å². The summed E-state index contributed by atoms with van der Waals surface area (Å²) in [6.45, 7) is 0. The number of ether oxygens (including phenoxy) is 1. The van der Waals surface area contributed by atoms with Gasteiger partial charge in [0, 0.05) is 18.6 Å². The summed E-state index contributed by atoms with van der Waals surface area (Å²) in [5.41, 5.74) is 0.372.